The molecule has 5 rings (SSSR count). The molecule has 2 aliphatic rings. The average molecular weight is 402 g/mol. The van der Waals surface area contributed by atoms with Crippen molar-refractivity contribution in [1.29, 1.82) is 0 Å². The number of benzene rings is 2. The van der Waals surface area contributed by atoms with Crippen LogP contribution >= 0.6 is 0 Å². The summed E-state index contributed by atoms with van der Waals surface area (Å²) in [6.07, 6.45) is 5.22. The van der Waals surface area contributed by atoms with Crippen molar-refractivity contribution in [2.75, 3.05) is 6.73 Å². The second-order valence-electron chi connectivity index (χ2n) is 7.49. The summed E-state index contributed by atoms with van der Waals surface area (Å²) in [7, 11) is 0. The van der Waals surface area contributed by atoms with Crippen molar-refractivity contribution in [2.45, 2.75) is 20.0 Å². The number of halogens is 1. The quantitative estimate of drug-likeness (QED) is 0.604. The number of ether oxygens (including phenoxy) is 2. The van der Waals surface area contributed by atoms with E-state index in [0.29, 0.717) is 36.7 Å². The SMILES string of the molecule is Cc1cc2c(c3c1C(=O)/C(=C/c1ccc(F)cc1)O3)CN(Cc1cccnc1)CO2. The van der Waals surface area contributed by atoms with E-state index in [2.05, 4.69) is 9.88 Å². The van der Waals surface area contributed by atoms with Crippen molar-refractivity contribution in [3.8, 4) is 11.5 Å². The Morgan fingerprint density at radius 2 is 2.07 bits per heavy atom. The summed E-state index contributed by atoms with van der Waals surface area (Å²) in [5.74, 6) is 1.04. The van der Waals surface area contributed by atoms with Crippen LogP contribution in [0.15, 0.2) is 60.6 Å². The van der Waals surface area contributed by atoms with Crippen LogP contribution in [0.5, 0.6) is 11.5 Å². The normalized spacial score (nSPS) is 16.7. The van der Waals surface area contributed by atoms with Crippen molar-refractivity contribution in [2.24, 2.45) is 0 Å². The number of fused-ring (bicyclic) bond motifs is 3. The van der Waals surface area contributed by atoms with Gasteiger partial charge in [-0.25, -0.2) is 4.39 Å². The monoisotopic (exact) mass is 402 g/mol. The molecule has 6 heteroatoms. The van der Waals surface area contributed by atoms with E-state index in [1.54, 1.807) is 24.4 Å². The molecule has 3 heterocycles. The van der Waals surface area contributed by atoms with Gasteiger partial charge in [-0.3, -0.25) is 14.7 Å². The zero-order valence-electron chi connectivity index (χ0n) is 16.4. The van der Waals surface area contributed by atoms with Gasteiger partial charge in [0.2, 0.25) is 5.78 Å². The minimum absolute atomic E-state index is 0.168. The molecule has 0 unspecified atom stereocenters. The van der Waals surface area contributed by atoms with Gasteiger partial charge in [-0.15, -0.1) is 0 Å². The molecule has 30 heavy (non-hydrogen) atoms. The Morgan fingerprint density at radius 1 is 1.23 bits per heavy atom. The molecule has 0 spiro atoms. The van der Waals surface area contributed by atoms with Gasteiger partial charge in [0, 0.05) is 25.5 Å². The first-order valence-corrected chi connectivity index (χ1v) is 9.69. The molecule has 0 saturated carbocycles. The second kappa shape index (κ2) is 7.39. The highest BCUT2D eigenvalue weighted by Gasteiger charge is 2.35. The van der Waals surface area contributed by atoms with Crippen LogP contribution in [0, 0.1) is 12.7 Å². The summed E-state index contributed by atoms with van der Waals surface area (Å²) < 4.78 is 25.2. The lowest BCUT2D eigenvalue weighted by Crippen LogP contribution is -2.31. The molecule has 0 fully saturated rings. The van der Waals surface area contributed by atoms with E-state index in [1.807, 2.05) is 31.3 Å². The molecule has 0 aliphatic carbocycles. The Balaban J connectivity index is 1.47. The molecule has 2 aromatic carbocycles. The lowest BCUT2D eigenvalue weighted by Gasteiger charge is -2.30. The third-order valence-electron chi connectivity index (χ3n) is 5.28. The fourth-order valence-electron chi connectivity index (χ4n) is 3.84. The maximum absolute atomic E-state index is 13.2. The third kappa shape index (κ3) is 3.35. The molecule has 0 saturated heterocycles. The zero-order valence-corrected chi connectivity index (χ0v) is 16.4. The first-order chi connectivity index (χ1) is 14.6. The van der Waals surface area contributed by atoms with Crippen LogP contribution in [0.25, 0.3) is 6.08 Å². The number of carbonyl (C=O) groups excluding carboxylic acids is 1. The van der Waals surface area contributed by atoms with Gasteiger partial charge in [0.05, 0.1) is 11.1 Å². The Bertz CT molecular complexity index is 1160. The van der Waals surface area contributed by atoms with Crippen molar-refractivity contribution < 1.29 is 18.7 Å². The van der Waals surface area contributed by atoms with Gasteiger partial charge < -0.3 is 9.47 Å². The van der Waals surface area contributed by atoms with Crippen LogP contribution in [0.3, 0.4) is 0 Å². The Labute approximate surface area is 173 Å². The number of nitrogens with zero attached hydrogens (tertiary/aromatic N) is 2. The van der Waals surface area contributed by atoms with Gasteiger partial charge >= 0.3 is 0 Å². The summed E-state index contributed by atoms with van der Waals surface area (Å²) in [5, 5.41) is 0. The van der Waals surface area contributed by atoms with Crippen LogP contribution in [0.2, 0.25) is 0 Å². The first-order valence-electron chi connectivity index (χ1n) is 9.69. The number of rotatable bonds is 3. The molecule has 0 amide bonds. The van der Waals surface area contributed by atoms with E-state index in [9.17, 15) is 9.18 Å². The van der Waals surface area contributed by atoms with Gasteiger partial charge in [0.1, 0.15) is 24.0 Å². The summed E-state index contributed by atoms with van der Waals surface area (Å²) >= 11 is 0. The van der Waals surface area contributed by atoms with E-state index >= 15 is 0 Å². The number of aryl methyl sites for hydroxylation is 1. The molecular formula is C24H19FN2O3. The number of pyridine rings is 1. The standard InChI is InChI=1S/C24H19FN2O3/c1-15-9-20-19(13-27(14-29-20)12-17-3-2-8-26-11-17)24-22(15)23(28)21(30-24)10-16-4-6-18(25)7-5-16/h2-11H,12-14H2,1H3/b21-10-. The second-order valence-corrected chi connectivity index (χ2v) is 7.49. The molecule has 150 valence electrons. The van der Waals surface area contributed by atoms with Gasteiger partial charge in [-0.05, 0) is 54.0 Å². The lowest BCUT2D eigenvalue weighted by atomic mass is 9.98. The molecule has 3 aromatic rings. The van der Waals surface area contributed by atoms with Crippen molar-refractivity contribution in [3.05, 3.63) is 94.3 Å². The fourth-order valence-corrected chi connectivity index (χ4v) is 3.84. The molecular weight excluding hydrogens is 383 g/mol. The molecule has 0 N–H and O–H groups in total. The molecule has 0 radical (unpaired) electrons. The lowest BCUT2D eigenvalue weighted by molar-refractivity contribution is 0.0871. The summed E-state index contributed by atoms with van der Waals surface area (Å²) in [6.45, 7) is 3.62. The number of hydrogen-bond donors (Lipinski definition) is 0. The molecule has 2 aliphatic heterocycles. The third-order valence-corrected chi connectivity index (χ3v) is 5.28. The fraction of sp³-hybridized carbons (Fsp3) is 0.167. The highest BCUT2D eigenvalue weighted by atomic mass is 19.1. The average Bonchev–Trinajstić information content (AvgIpc) is 3.08. The van der Waals surface area contributed by atoms with Crippen LogP contribution in [-0.4, -0.2) is 22.4 Å². The number of hydrogen-bond acceptors (Lipinski definition) is 5. The van der Waals surface area contributed by atoms with E-state index in [1.165, 1.54) is 12.1 Å². The Hall–Kier alpha value is -3.51. The van der Waals surface area contributed by atoms with Crippen LogP contribution < -0.4 is 9.47 Å². The smallest absolute Gasteiger partial charge is 0.232 e. The predicted octanol–water partition coefficient (Wildman–Crippen LogP) is 4.50. The maximum Gasteiger partial charge on any atom is 0.232 e. The summed E-state index contributed by atoms with van der Waals surface area (Å²) in [5.41, 5.74) is 4.03. The van der Waals surface area contributed by atoms with E-state index in [-0.39, 0.29) is 17.4 Å². The van der Waals surface area contributed by atoms with Crippen molar-refractivity contribution in [3.63, 3.8) is 0 Å². The molecule has 0 bridgehead atoms. The number of Topliss-reactive ketones (excluding diaryl/α,β-unsaturated/α-hetero) is 1. The van der Waals surface area contributed by atoms with E-state index < -0.39 is 0 Å². The van der Waals surface area contributed by atoms with Crippen LogP contribution in [0.1, 0.15) is 32.6 Å². The zero-order chi connectivity index (χ0) is 20.7. The van der Waals surface area contributed by atoms with Crippen molar-refractivity contribution in [1.82, 2.24) is 9.88 Å². The highest BCUT2D eigenvalue weighted by molar-refractivity contribution is 6.15. The summed E-state index contributed by atoms with van der Waals surface area (Å²) in [6, 6.07) is 11.8. The number of carbonyl (C=O) groups is 1. The highest BCUT2D eigenvalue weighted by Crippen LogP contribution is 2.44. The largest absolute Gasteiger partial charge is 0.478 e. The molecule has 0 atom stereocenters. The topological polar surface area (TPSA) is 51.7 Å². The number of allylic oxidation sites excluding steroid dienone is 1. The Kier molecular flexibility index (Phi) is 4.56. The Morgan fingerprint density at radius 3 is 2.83 bits per heavy atom. The van der Waals surface area contributed by atoms with Crippen molar-refractivity contribution >= 4 is 11.9 Å². The van der Waals surface area contributed by atoms with Crippen LogP contribution in [0.4, 0.5) is 4.39 Å². The maximum atomic E-state index is 13.2. The van der Waals surface area contributed by atoms with E-state index in [0.717, 1.165) is 22.4 Å². The van der Waals surface area contributed by atoms with Gasteiger partial charge in [0.25, 0.3) is 0 Å². The number of ketones is 1. The van der Waals surface area contributed by atoms with E-state index in [4.69, 9.17) is 9.47 Å². The molecule has 5 nitrogen and oxygen atoms in total. The summed E-state index contributed by atoms with van der Waals surface area (Å²) in [4.78, 5) is 19.3. The van der Waals surface area contributed by atoms with Gasteiger partial charge in [-0.2, -0.15) is 0 Å². The predicted molar refractivity (Wildman–Crippen MR) is 109 cm³/mol. The minimum atomic E-state index is -0.324. The minimum Gasteiger partial charge on any atom is -0.478 e. The first kappa shape index (κ1) is 18.5. The van der Waals surface area contributed by atoms with Gasteiger partial charge in [0.15, 0.2) is 5.76 Å². The molecule has 1 aromatic heterocycles. The number of aromatic nitrogens is 1. The van der Waals surface area contributed by atoms with Gasteiger partial charge in [-0.1, -0.05) is 18.2 Å². The van der Waals surface area contributed by atoms with Crippen LogP contribution in [-0.2, 0) is 13.1 Å².